The summed E-state index contributed by atoms with van der Waals surface area (Å²) in [5.74, 6) is 0.215. The lowest BCUT2D eigenvalue weighted by molar-refractivity contribution is 0.408. The predicted octanol–water partition coefficient (Wildman–Crippen LogP) is 3.34. The molecule has 2 rings (SSSR count). The van der Waals surface area contributed by atoms with Gasteiger partial charge in [-0.3, -0.25) is 0 Å². The molecule has 0 aliphatic rings. The first kappa shape index (κ1) is 8.56. The Balaban J connectivity index is 2.83. The minimum absolute atomic E-state index is 0.315. The Morgan fingerprint density at radius 3 is 2.92 bits per heavy atom. The average molecular weight is 245 g/mol. The SMILES string of the molecule is COc1ccc(F)c2cc(Br)oc12. The van der Waals surface area contributed by atoms with Gasteiger partial charge in [-0.25, -0.2) is 4.39 Å². The molecule has 0 spiro atoms. The molecule has 0 atom stereocenters. The quantitative estimate of drug-likeness (QED) is 0.768. The minimum Gasteiger partial charge on any atom is -0.493 e. The second-order valence-corrected chi connectivity index (χ2v) is 3.32. The Labute approximate surface area is 82.4 Å². The van der Waals surface area contributed by atoms with E-state index in [4.69, 9.17) is 9.15 Å². The van der Waals surface area contributed by atoms with Gasteiger partial charge in [-0.05, 0) is 28.1 Å². The molecule has 1 aromatic carbocycles. The summed E-state index contributed by atoms with van der Waals surface area (Å²) in [5.41, 5.74) is 0.425. The van der Waals surface area contributed by atoms with E-state index in [0.29, 0.717) is 21.4 Å². The van der Waals surface area contributed by atoms with Crippen molar-refractivity contribution in [3.05, 3.63) is 28.7 Å². The van der Waals surface area contributed by atoms with Crippen molar-refractivity contribution < 1.29 is 13.5 Å². The lowest BCUT2D eigenvalue weighted by Crippen LogP contribution is -1.84. The highest BCUT2D eigenvalue weighted by atomic mass is 79.9. The summed E-state index contributed by atoms with van der Waals surface area (Å²) < 4.78 is 23.9. The topological polar surface area (TPSA) is 22.4 Å². The monoisotopic (exact) mass is 244 g/mol. The first-order chi connectivity index (χ1) is 6.22. The van der Waals surface area contributed by atoms with E-state index in [9.17, 15) is 4.39 Å². The molecule has 13 heavy (non-hydrogen) atoms. The maximum Gasteiger partial charge on any atom is 0.180 e. The van der Waals surface area contributed by atoms with E-state index in [-0.39, 0.29) is 5.82 Å². The smallest absolute Gasteiger partial charge is 0.180 e. The second-order valence-electron chi connectivity index (χ2n) is 2.54. The molecular weight excluding hydrogens is 239 g/mol. The highest BCUT2D eigenvalue weighted by Crippen LogP contribution is 2.32. The predicted molar refractivity (Wildman–Crippen MR) is 50.4 cm³/mol. The molecule has 0 aliphatic carbocycles. The molecule has 0 saturated heterocycles. The number of benzene rings is 1. The van der Waals surface area contributed by atoms with Crippen LogP contribution in [0.15, 0.2) is 27.3 Å². The van der Waals surface area contributed by atoms with Crippen LogP contribution < -0.4 is 4.74 Å². The summed E-state index contributed by atoms with van der Waals surface area (Å²) in [6, 6.07) is 4.46. The molecule has 0 fully saturated rings. The summed E-state index contributed by atoms with van der Waals surface area (Å²) in [6.07, 6.45) is 0. The Morgan fingerprint density at radius 2 is 2.23 bits per heavy atom. The fourth-order valence-electron chi connectivity index (χ4n) is 1.20. The minimum atomic E-state index is -0.315. The van der Waals surface area contributed by atoms with E-state index in [1.165, 1.54) is 19.2 Å². The molecule has 68 valence electrons. The number of hydrogen-bond donors (Lipinski definition) is 0. The summed E-state index contributed by atoms with van der Waals surface area (Å²) in [4.78, 5) is 0. The van der Waals surface area contributed by atoms with Crippen molar-refractivity contribution in [2.45, 2.75) is 0 Å². The molecule has 1 aromatic heterocycles. The number of furan rings is 1. The van der Waals surface area contributed by atoms with Crippen LogP contribution in [0.4, 0.5) is 4.39 Å². The summed E-state index contributed by atoms with van der Waals surface area (Å²) in [7, 11) is 1.52. The molecule has 0 N–H and O–H groups in total. The van der Waals surface area contributed by atoms with Crippen LogP contribution in [0.2, 0.25) is 0 Å². The Morgan fingerprint density at radius 1 is 1.46 bits per heavy atom. The Kier molecular flexibility index (Phi) is 2.00. The molecule has 0 unspecified atom stereocenters. The largest absolute Gasteiger partial charge is 0.493 e. The lowest BCUT2D eigenvalue weighted by Gasteiger charge is -1.99. The molecular formula is C9H6BrFO2. The van der Waals surface area contributed by atoms with Crippen molar-refractivity contribution in [2.24, 2.45) is 0 Å². The summed E-state index contributed by atoms with van der Waals surface area (Å²) in [5, 5.41) is 0.422. The number of hydrogen-bond acceptors (Lipinski definition) is 2. The van der Waals surface area contributed by atoms with Crippen LogP contribution >= 0.6 is 15.9 Å². The fraction of sp³-hybridized carbons (Fsp3) is 0.111. The van der Waals surface area contributed by atoms with Crippen LogP contribution in [0, 0.1) is 5.82 Å². The molecule has 4 heteroatoms. The third-order valence-electron chi connectivity index (χ3n) is 1.78. The summed E-state index contributed by atoms with van der Waals surface area (Å²) in [6.45, 7) is 0. The molecule has 1 heterocycles. The van der Waals surface area contributed by atoms with Crippen molar-refractivity contribution in [3.63, 3.8) is 0 Å². The van der Waals surface area contributed by atoms with Gasteiger partial charge in [0.15, 0.2) is 16.0 Å². The van der Waals surface area contributed by atoms with Crippen molar-refractivity contribution in [2.75, 3.05) is 7.11 Å². The van der Waals surface area contributed by atoms with Crippen molar-refractivity contribution in [3.8, 4) is 5.75 Å². The molecule has 2 nitrogen and oxygen atoms in total. The zero-order valence-corrected chi connectivity index (χ0v) is 8.39. The van der Waals surface area contributed by atoms with Gasteiger partial charge in [0.25, 0.3) is 0 Å². The molecule has 0 saturated carbocycles. The number of methoxy groups -OCH3 is 1. The normalized spacial score (nSPS) is 10.7. The summed E-state index contributed by atoms with van der Waals surface area (Å²) >= 11 is 3.13. The van der Waals surface area contributed by atoms with Crippen LogP contribution in [-0.2, 0) is 0 Å². The molecule has 0 amide bonds. The second kappa shape index (κ2) is 3.03. The van der Waals surface area contributed by atoms with E-state index in [1.807, 2.05) is 0 Å². The zero-order chi connectivity index (χ0) is 9.42. The standard InChI is InChI=1S/C9H6BrFO2/c1-12-7-3-2-6(11)5-4-8(10)13-9(5)7/h2-4H,1H3. The first-order valence-electron chi connectivity index (χ1n) is 3.64. The Hall–Kier alpha value is -1.03. The highest BCUT2D eigenvalue weighted by molar-refractivity contribution is 9.10. The molecule has 0 aliphatic heterocycles. The first-order valence-corrected chi connectivity index (χ1v) is 4.43. The van der Waals surface area contributed by atoms with Gasteiger partial charge in [0, 0.05) is 6.07 Å². The van der Waals surface area contributed by atoms with Crippen LogP contribution in [0.25, 0.3) is 11.0 Å². The van der Waals surface area contributed by atoms with Crippen LogP contribution in [0.5, 0.6) is 5.75 Å². The van der Waals surface area contributed by atoms with Gasteiger partial charge in [-0.15, -0.1) is 0 Å². The average Bonchev–Trinajstić information content (AvgIpc) is 2.48. The van der Waals surface area contributed by atoms with Gasteiger partial charge in [0.2, 0.25) is 0 Å². The van der Waals surface area contributed by atoms with Crippen molar-refractivity contribution in [1.29, 1.82) is 0 Å². The molecule has 0 bridgehead atoms. The Bertz CT molecular complexity index is 450. The zero-order valence-electron chi connectivity index (χ0n) is 6.80. The van der Waals surface area contributed by atoms with Crippen LogP contribution in [0.3, 0.4) is 0 Å². The number of ether oxygens (including phenoxy) is 1. The number of halogens is 2. The van der Waals surface area contributed by atoms with Gasteiger partial charge >= 0.3 is 0 Å². The molecule has 2 aromatic rings. The van der Waals surface area contributed by atoms with E-state index < -0.39 is 0 Å². The van der Waals surface area contributed by atoms with Crippen molar-refractivity contribution in [1.82, 2.24) is 0 Å². The van der Waals surface area contributed by atoms with Gasteiger partial charge in [-0.2, -0.15) is 0 Å². The number of fused-ring (bicyclic) bond motifs is 1. The van der Waals surface area contributed by atoms with E-state index in [2.05, 4.69) is 15.9 Å². The maximum atomic E-state index is 13.2. The van der Waals surface area contributed by atoms with Crippen LogP contribution in [0.1, 0.15) is 0 Å². The molecule has 0 radical (unpaired) electrons. The van der Waals surface area contributed by atoms with Gasteiger partial charge in [-0.1, -0.05) is 0 Å². The van der Waals surface area contributed by atoms with Crippen molar-refractivity contribution >= 4 is 26.9 Å². The third kappa shape index (κ3) is 1.31. The van der Waals surface area contributed by atoms with E-state index >= 15 is 0 Å². The van der Waals surface area contributed by atoms with Gasteiger partial charge in [0.05, 0.1) is 12.5 Å². The van der Waals surface area contributed by atoms with E-state index in [1.54, 1.807) is 6.07 Å². The highest BCUT2D eigenvalue weighted by Gasteiger charge is 2.11. The van der Waals surface area contributed by atoms with Crippen LogP contribution in [-0.4, -0.2) is 7.11 Å². The van der Waals surface area contributed by atoms with E-state index in [0.717, 1.165) is 0 Å². The lowest BCUT2D eigenvalue weighted by atomic mass is 10.2. The van der Waals surface area contributed by atoms with Gasteiger partial charge < -0.3 is 9.15 Å². The third-order valence-corrected chi connectivity index (χ3v) is 2.17. The van der Waals surface area contributed by atoms with Gasteiger partial charge in [0.1, 0.15) is 5.82 Å². The maximum absolute atomic E-state index is 13.2. The fourth-order valence-corrected chi connectivity index (χ4v) is 1.59. The number of rotatable bonds is 1.